The van der Waals surface area contributed by atoms with Crippen LogP contribution in [0.2, 0.25) is 0 Å². The first-order chi connectivity index (χ1) is 10.4. The standard InChI is InChI=1S/C14H8F3N3O2/c15-14(16,17)9-2-1-3-10-11(9)12(21)20(13(22)19-10)8-4-6-18-7-5-8/h1-7H,(H,19,22). The van der Waals surface area contributed by atoms with Crippen LogP contribution in [0.4, 0.5) is 13.2 Å². The van der Waals surface area contributed by atoms with E-state index in [1.54, 1.807) is 0 Å². The quantitative estimate of drug-likeness (QED) is 0.748. The summed E-state index contributed by atoms with van der Waals surface area (Å²) in [5.74, 6) is 0. The number of aromatic nitrogens is 3. The number of fused-ring (bicyclic) bond motifs is 1. The van der Waals surface area contributed by atoms with Gasteiger partial charge in [0.15, 0.2) is 0 Å². The molecule has 0 saturated heterocycles. The molecule has 0 aliphatic carbocycles. The monoisotopic (exact) mass is 307 g/mol. The minimum atomic E-state index is -4.70. The van der Waals surface area contributed by atoms with E-state index in [0.29, 0.717) is 4.57 Å². The first-order valence-electron chi connectivity index (χ1n) is 6.15. The van der Waals surface area contributed by atoms with Gasteiger partial charge in [-0.25, -0.2) is 9.36 Å². The Morgan fingerprint density at radius 2 is 1.73 bits per heavy atom. The van der Waals surface area contributed by atoms with Crippen molar-refractivity contribution in [2.24, 2.45) is 0 Å². The van der Waals surface area contributed by atoms with Crippen molar-refractivity contribution in [3.8, 4) is 5.69 Å². The summed E-state index contributed by atoms with van der Waals surface area (Å²) in [5.41, 5.74) is -2.95. The molecule has 0 saturated carbocycles. The van der Waals surface area contributed by atoms with Crippen LogP contribution in [0.5, 0.6) is 0 Å². The van der Waals surface area contributed by atoms with E-state index in [-0.39, 0.29) is 11.2 Å². The van der Waals surface area contributed by atoms with Crippen LogP contribution in [0.3, 0.4) is 0 Å². The zero-order valence-electron chi connectivity index (χ0n) is 10.9. The lowest BCUT2D eigenvalue weighted by Crippen LogP contribution is -2.34. The van der Waals surface area contributed by atoms with E-state index in [2.05, 4.69) is 9.97 Å². The van der Waals surface area contributed by atoms with Gasteiger partial charge in [0.1, 0.15) is 0 Å². The average molecular weight is 307 g/mol. The molecule has 1 N–H and O–H groups in total. The van der Waals surface area contributed by atoms with E-state index in [1.807, 2.05) is 0 Å². The third-order valence-electron chi connectivity index (χ3n) is 3.15. The first kappa shape index (κ1) is 14.1. The SMILES string of the molecule is O=c1[nH]c2cccc(C(F)(F)F)c2c(=O)n1-c1ccncc1. The molecule has 8 heteroatoms. The second-order valence-electron chi connectivity index (χ2n) is 4.50. The minimum Gasteiger partial charge on any atom is -0.306 e. The predicted molar refractivity (Wildman–Crippen MR) is 73.0 cm³/mol. The molecule has 112 valence electrons. The molecule has 0 amide bonds. The van der Waals surface area contributed by atoms with Crippen molar-refractivity contribution in [1.29, 1.82) is 0 Å². The zero-order chi connectivity index (χ0) is 15.9. The fourth-order valence-corrected chi connectivity index (χ4v) is 2.23. The van der Waals surface area contributed by atoms with Gasteiger partial charge >= 0.3 is 11.9 Å². The normalized spacial score (nSPS) is 11.8. The van der Waals surface area contributed by atoms with E-state index in [1.165, 1.54) is 30.6 Å². The molecule has 22 heavy (non-hydrogen) atoms. The predicted octanol–water partition coefficient (Wildman–Crippen LogP) is 2.09. The van der Waals surface area contributed by atoms with Gasteiger partial charge in [0.2, 0.25) is 0 Å². The number of nitrogens with one attached hydrogen (secondary N) is 1. The number of hydrogen-bond donors (Lipinski definition) is 1. The third-order valence-corrected chi connectivity index (χ3v) is 3.15. The van der Waals surface area contributed by atoms with Crippen LogP contribution < -0.4 is 11.2 Å². The summed E-state index contributed by atoms with van der Waals surface area (Å²) in [7, 11) is 0. The molecule has 3 rings (SSSR count). The highest BCUT2D eigenvalue weighted by Gasteiger charge is 2.34. The number of halogens is 3. The van der Waals surface area contributed by atoms with Crippen molar-refractivity contribution in [1.82, 2.24) is 14.5 Å². The van der Waals surface area contributed by atoms with Gasteiger partial charge in [-0.3, -0.25) is 9.78 Å². The molecular formula is C14H8F3N3O2. The maximum Gasteiger partial charge on any atom is 0.417 e. The van der Waals surface area contributed by atoms with Crippen LogP contribution in [0.15, 0.2) is 52.3 Å². The zero-order valence-corrected chi connectivity index (χ0v) is 10.9. The van der Waals surface area contributed by atoms with E-state index in [9.17, 15) is 22.8 Å². The second-order valence-corrected chi connectivity index (χ2v) is 4.50. The number of H-pyrrole nitrogens is 1. The van der Waals surface area contributed by atoms with E-state index >= 15 is 0 Å². The van der Waals surface area contributed by atoms with Crippen molar-refractivity contribution < 1.29 is 13.2 Å². The molecule has 5 nitrogen and oxygen atoms in total. The van der Waals surface area contributed by atoms with Crippen LogP contribution in [0.1, 0.15) is 5.56 Å². The average Bonchev–Trinajstić information content (AvgIpc) is 2.46. The summed E-state index contributed by atoms with van der Waals surface area (Å²) < 4.78 is 39.9. The van der Waals surface area contributed by atoms with E-state index in [4.69, 9.17) is 0 Å². The molecule has 0 atom stereocenters. The fourth-order valence-electron chi connectivity index (χ4n) is 2.23. The Kier molecular flexibility index (Phi) is 3.09. The summed E-state index contributed by atoms with van der Waals surface area (Å²) in [4.78, 5) is 30.5. The van der Waals surface area contributed by atoms with Crippen LogP contribution in [0.25, 0.3) is 16.6 Å². The fraction of sp³-hybridized carbons (Fsp3) is 0.0714. The highest BCUT2D eigenvalue weighted by Crippen LogP contribution is 2.32. The summed E-state index contributed by atoms with van der Waals surface area (Å²) >= 11 is 0. The Morgan fingerprint density at radius 1 is 1.05 bits per heavy atom. The maximum atomic E-state index is 13.1. The number of aromatic amines is 1. The van der Waals surface area contributed by atoms with Crippen LogP contribution in [-0.4, -0.2) is 14.5 Å². The lowest BCUT2D eigenvalue weighted by atomic mass is 10.1. The lowest BCUT2D eigenvalue weighted by Gasteiger charge is -2.11. The molecule has 0 fully saturated rings. The van der Waals surface area contributed by atoms with Crippen molar-refractivity contribution in [3.63, 3.8) is 0 Å². The van der Waals surface area contributed by atoms with Gasteiger partial charge in [0.25, 0.3) is 5.56 Å². The first-order valence-corrected chi connectivity index (χ1v) is 6.15. The molecule has 2 aromatic heterocycles. The summed E-state index contributed by atoms with van der Waals surface area (Å²) in [5, 5.41) is -0.577. The van der Waals surface area contributed by atoms with E-state index < -0.39 is 28.4 Å². The van der Waals surface area contributed by atoms with Crippen LogP contribution >= 0.6 is 0 Å². The van der Waals surface area contributed by atoms with Gasteiger partial charge in [0.05, 0.1) is 22.2 Å². The molecule has 2 heterocycles. The van der Waals surface area contributed by atoms with Crippen LogP contribution in [0, 0.1) is 0 Å². The van der Waals surface area contributed by atoms with E-state index in [0.717, 1.165) is 12.1 Å². The van der Waals surface area contributed by atoms with Gasteiger partial charge < -0.3 is 4.98 Å². The molecule has 3 aromatic rings. The molecule has 0 aliphatic heterocycles. The minimum absolute atomic E-state index is 0.139. The Bertz CT molecular complexity index is 959. The number of alkyl halides is 3. The Balaban J connectivity index is 2.48. The summed E-state index contributed by atoms with van der Waals surface area (Å²) in [6, 6.07) is 5.91. The summed E-state index contributed by atoms with van der Waals surface area (Å²) in [6.45, 7) is 0. The second kappa shape index (κ2) is 4.83. The number of hydrogen-bond acceptors (Lipinski definition) is 3. The molecule has 1 aromatic carbocycles. The number of rotatable bonds is 1. The van der Waals surface area contributed by atoms with Crippen LogP contribution in [-0.2, 0) is 6.18 Å². The van der Waals surface area contributed by atoms with Gasteiger partial charge in [0, 0.05) is 12.4 Å². The molecule has 0 unspecified atom stereocenters. The molecular weight excluding hydrogens is 299 g/mol. The highest BCUT2D eigenvalue weighted by atomic mass is 19.4. The Labute approximate surface area is 120 Å². The maximum absolute atomic E-state index is 13.1. The smallest absolute Gasteiger partial charge is 0.306 e. The largest absolute Gasteiger partial charge is 0.417 e. The van der Waals surface area contributed by atoms with Crippen molar-refractivity contribution in [2.75, 3.05) is 0 Å². The Hall–Kier alpha value is -2.90. The number of benzene rings is 1. The van der Waals surface area contributed by atoms with Crippen molar-refractivity contribution >= 4 is 10.9 Å². The molecule has 0 bridgehead atoms. The van der Waals surface area contributed by atoms with Crippen molar-refractivity contribution in [2.45, 2.75) is 6.18 Å². The molecule has 0 aliphatic rings. The van der Waals surface area contributed by atoms with Gasteiger partial charge in [-0.2, -0.15) is 13.2 Å². The topological polar surface area (TPSA) is 67.8 Å². The number of pyridine rings is 1. The Morgan fingerprint density at radius 3 is 2.36 bits per heavy atom. The highest BCUT2D eigenvalue weighted by molar-refractivity contribution is 5.81. The van der Waals surface area contributed by atoms with Gasteiger partial charge in [-0.15, -0.1) is 0 Å². The number of nitrogens with zero attached hydrogens (tertiary/aromatic N) is 2. The van der Waals surface area contributed by atoms with Gasteiger partial charge in [-0.1, -0.05) is 6.07 Å². The van der Waals surface area contributed by atoms with Crippen molar-refractivity contribution in [3.05, 3.63) is 69.1 Å². The third kappa shape index (κ3) is 2.18. The molecule has 0 radical (unpaired) electrons. The lowest BCUT2D eigenvalue weighted by molar-refractivity contribution is -0.136. The summed E-state index contributed by atoms with van der Waals surface area (Å²) in [6.07, 6.45) is -2.03. The van der Waals surface area contributed by atoms with Gasteiger partial charge in [-0.05, 0) is 24.3 Å². The molecule has 0 spiro atoms.